The molecular formula is C25H24N2O3S. The SMILES string of the molecule is C=COCCn1cccc1-c1nc(-c2ccc(OC)cc2)c(-c2ccc(OC)cc2)s1. The van der Waals surface area contributed by atoms with E-state index in [0.29, 0.717) is 6.61 Å². The van der Waals surface area contributed by atoms with Gasteiger partial charge in [0, 0.05) is 11.8 Å². The number of ether oxygens (including phenoxy) is 3. The molecule has 0 fully saturated rings. The van der Waals surface area contributed by atoms with E-state index in [9.17, 15) is 0 Å². The Labute approximate surface area is 186 Å². The molecule has 0 saturated heterocycles. The maximum atomic E-state index is 5.32. The van der Waals surface area contributed by atoms with Crippen molar-refractivity contribution in [3.8, 4) is 43.9 Å². The van der Waals surface area contributed by atoms with E-state index >= 15 is 0 Å². The fourth-order valence-corrected chi connectivity index (χ4v) is 4.48. The zero-order valence-corrected chi connectivity index (χ0v) is 18.4. The molecule has 0 aliphatic carbocycles. The van der Waals surface area contributed by atoms with Gasteiger partial charge >= 0.3 is 0 Å². The molecule has 0 spiro atoms. The lowest BCUT2D eigenvalue weighted by molar-refractivity contribution is 0.237. The van der Waals surface area contributed by atoms with E-state index in [4.69, 9.17) is 19.2 Å². The zero-order chi connectivity index (χ0) is 21.6. The minimum absolute atomic E-state index is 0.563. The Balaban J connectivity index is 1.78. The van der Waals surface area contributed by atoms with Crippen molar-refractivity contribution in [2.45, 2.75) is 6.54 Å². The normalized spacial score (nSPS) is 10.6. The lowest BCUT2D eigenvalue weighted by atomic mass is 10.1. The number of nitrogens with zero attached hydrogens (tertiary/aromatic N) is 2. The van der Waals surface area contributed by atoms with Crippen LogP contribution in [0, 0.1) is 0 Å². The van der Waals surface area contributed by atoms with Crippen molar-refractivity contribution in [1.82, 2.24) is 9.55 Å². The summed E-state index contributed by atoms with van der Waals surface area (Å²) >= 11 is 1.68. The molecule has 2 aromatic heterocycles. The van der Waals surface area contributed by atoms with Gasteiger partial charge in [0.2, 0.25) is 0 Å². The van der Waals surface area contributed by atoms with Gasteiger partial charge in [0.1, 0.15) is 23.1 Å². The first kappa shape index (κ1) is 20.8. The van der Waals surface area contributed by atoms with Crippen LogP contribution >= 0.6 is 11.3 Å². The Morgan fingerprint density at radius 1 is 0.935 bits per heavy atom. The van der Waals surface area contributed by atoms with Gasteiger partial charge in [-0.15, -0.1) is 11.3 Å². The third-order valence-corrected chi connectivity index (χ3v) is 6.09. The summed E-state index contributed by atoms with van der Waals surface area (Å²) in [6.07, 6.45) is 3.51. The van der Waals surface area contributed by atoms with Crippen molar-refractivity contribution in [2.24, 2.45) is 0 Å². The molecule has 31 heavy (non-hydrogen) atoms. The van der Waals surface area contributed by atoms with Crippen molar-refractivity contribution in [3.63, 3.8) is 0 Å². The number of benzene rings is 2. The molecule has 5 nitrogen and oxygen atoms in total. The van der Waals surface area contributed by atoms with Crippen LogP contribution in [0.3, 0.4) is 0 Å². The fraction of sp³-hybridized carbons (Fsp3) is 0.160. The van der Waals surface area contributed by atoms with Crippen molar-refractivity contribution in [1.29, 1.82) is 0 Å². The van der Waals surface area contributed by atoms with Crippen LogP contribution in [0.25, 0.3) is 32.4 Å². The second-order valence-corrected chi connectivity index (χ2v) is 7.78. The first-order valence-electron chi connectivity index (χ1n) is 9.91. The topological polar surface area (TPSA) is 45.5 Å². The number of aromatic nitrogens is 2. The largest absolute Gasteiger partial charge is 0.500 e. The average Bonchev–Trinajstić information content (AvgIpc) is 3.46. The molecule has 2 heterocycles. The van der Waals surface area contributed by atoms with Crippen LogP contribution < -0.4 is 9.47 Å². The van der Waals surface area contributed by atoms with Crippen LogP contribution in [0.2, 0.25) is 0 Å². The van der Waals surface area contributed by atoms with Crippen molar-refractivity contribution < 1.29 is 14.2 Å². The predicted octanol–water partition coefficient (Wildman–Crippen LogP) is 6.12. The molecule has 2 aromatic carbocycles. The summed E-state index contributed by atoms with van der Waals surface area (Å²) in [5.41, 5.74) is 4.15. The predicted molar refractivity (Wildman–Crippen MR) is 126 cm³/mol. The molecule has 0 atom stereocenters. The van der Waals surface area contributed by atoms with E-state index in [2.05, 4.69) is 29.3 Å². The van der Waals surface area contributed by atoms with Gasteiger partial charge in [-0.3, -0.25) is 0 Å². The summed E-state index contributed by atoms with van der Waals surface area (Å²) < 4.78 is 18.1. The molecule has 4 rings (SSSR count). The highest BCUT2D eigenvalue weighted by Crippen LogP contribution is 2.41. The smallest absolute Gasteiger partial charge is 0.141 e. The van der Waals surface area contributed by atoms with Crippen LogP contribution in [-0.2, 0) is 11.3 Å². The molecule has 158 valence electrons. The van der Waals surface area contributed by atoms with E-state index < -0.39 is 0 Å². The molecule has 4 aromatic rings. The first-order valence-corrected chi connectivity index (χ1v) is 10.7. The minimum atomic E-state index is 0.563. The molecule has 0 amide bonds. The van der Waals surface area contributed by atoms with Crippen LogP contribution in [0.5, 0.6) is 11.5 Å². The monoisotopic (exact) mass is 432 g/mol. The highest BCUT2D eigenvalue weighted by Gasteiger charge is 2.18. The van der Waals surface area contributed by atoms with Crippen LogP contribution in [0.4, 0.5) is 0 Å². The molecule has 0 unspecified atom stereocenters. The maximum absolute atomic E-state index is 5.32. The molecular weight excluding hydrogens is 408 g/mol. The summed E-state index contributed by atoms with van der Waals surface area (Å²) in [6.45, 7) is 4.90. The Morgan fingerprint density at radius 2 is 1.58 bits per heavy atom. The van der Waals surface area contributed by atoms with Gasteiger partial charge in [0.15, 0.2) is 0 Å². The van der Waals surface area contributed by atoms with Crippen LogP contribution in [0.15, 0.2) is 79.7 Å². The summed E-state index contributed by atoms with van der Waals surface area (Å²) in [7, 11) is 3.34. The molecule has 0 bridgehead atoms. The summed E-state index contributed by atoms with van der Waals surface area (Å²) in [4.78, 5) is 6.16. The summed E-state index contributed by atoms with van der Waals surface area (Å²) in [6, 6.07) is 20.2. The Kier molecular flexibility index (Phi) is 6.38. The third-order valence-electron chi connectivity index (χ3n) is 4.96. The van der Waals surface area contributed by atoms with E-state index in [1.165, 1.54) is 6.26 Å². The quantitative estimate of drug-likeness (QED) is 0.236. The molecule has 0 N–H and O–H groups in total. The van der Waals surface area contributed by atoms with Gasteiger partial charge < -0.3 is 18.8 Å². The summed E-state index contributed by atoms with van der Waals surface area (Å²) in [5.74, 6) is 1.65. The van der Waals surface area contributed by atoms with Crippen LogP contribution in [0.1, 0.15) is 0 Å². The van der Waals surface area contributed by atoms with E-state index in [0.717, 1.165) is 50.4 Å². The molecule has 0 saturated carbocycles. The lowest BCUT2D eigenvalue weighted by Crippen LogP contribution is -2.03. The van der Waals surface area contributed by atoms with Gasteiger partial charge in [-0.05, 0) is 66.2 Å². The first-order chi connectivity index (χ1) is 15.2. The maximum Gasteiger partial charge on any atom is 0.141 e. The van der Waals surface area contributed by atoms with Crippen LogP contribution in [-0.4, -0.2) is 30.4 Å². The van der Waals surface area contributed by atoms with Gasteiger partial charge in [-0.25, -0.2) is 4.98 Å². The molecule has 0 aliphatic heterocycles. The standard InChI is InChI=1S/C25H24N2O3S/c1-4-30-17-16-27-15-5-6-22(27)25-26-23(18-7-11-20(28-2)12-8-18)24(31-25)19-9-13-21(29-3)14-10-19/h4-15H,1,16-17H2,2-3H3. The van der Waals surface area contributed by atoms with Crippen molar-refractivity contribution in [2.75, 3.05) is 20.8 Å². The highest BCUT2D eigenvalue weighted by atomic mass is 32.1. The zero-order valence-electron chi connectivity index (χ0n) is 17.6. The van der Waals surface area contributed by atoms with Gasteiger partial charge in [-0.2, -0.15) is 0 Å². The number of hydrogen-bond donors (Lipinski definition) is 0. The Bertz CT molecular complexity index is 1080. The molecule has 0 radical (unpaired) electrons. The second kappa shape index (κ2) is 9.53. The van der Waals surface area contributed by atoms with Gasteiger partial charge in [0.05, 0.1) is 43.3 Å². The Hall–Kier alpha value is -3.51. The third kappa shape index (κ3) is 4.49. The van der Waals surface area contributed by atoms with E-state index in [1.807, 2.05) is 48.7 Å². The Morgan fingerprint density at radius 3 is 2.19 bits per heavy atom. The van der Waals surface area contributed by atoms with Gasteiger partial charge in [0.25, 0.3) is 0 Å². The van der Waals surface area contributed by atoms with E-state index in [1.54, 1.807) is 25.6 Å². The average molecular weight is 433 g/mol. The highest BCUT2D eigenvalue weighted by molar-refractivity contribution is 7.18. The number of rotatable bonds is 9. The lowest BCUT2D eigenvalue weighted by Gasteiger charge is -2.06. The minimum Gasteiger partial charge on any atom is -0.500 e. The van der Waals surface area contributed by atoms with Gasteiger partial charge in [-0.1, -0.05) is 6.58 Å². The van der Waals surface area contributed by atoms with Crippen molar-refractivity contribution in [3.05, 3.63) is 79.7 Å². The van der Waals surface area contributed by atoms with E-state index in [-0.39, 0.29) is 0 Å². The number of methoxy groups -OCH3 is 2. The number of hydrogen-bond acceptors (Lipinski definition) is 5. The fourth-order valence-electron chi connectivity index (χ4n) is 3.35. The molecule has 6 heteroatoms. The number of thiazole rings is 1. The molecule has 0 aliphatic rings. The summed E-state index contributed by atoms with van der Waals surface area (Å²) in [5, 5.41) is 0.959. The second-order valence-electron chi connectivity index (χ2n) is 6.78. The van der Waals surface area contributed by atoms with Crippen molar-refractivity contribution >= 4 is 11.3 Å².